The number of carbonyl (C=O) groups excluding carboxylic acids is 1. The minimum Gasteiger partial charge on any atom is -0.435 e. The van der Waals surface area contributed by atoms with Crippen LogP contribution in [0.15, 0.2) is 47.6 Å². The highest BCUT2D eigenvalue weighted by atomic mass is 32.2. The van der Waals surface area contributed by atoms with E-state index in [0.717, 1.165) is 5.56 Å². The molecule has 1 aromatic heterocycles. The van der Waals surface area contributed by atoms with E-state index in [1.54, 1.807) is 12.1 Å². The highest BCUT2D eigenvalue weighted by molar-refractivity contribution is 7.99. The van der Waals surface area contributed by atoms with Crippen LogP contribution >= 0.6 is 11.8 Å². The Hall–Kier alpha value is -2.29. The second kappa shape index (κ2) is 9.26. The van der Waals surface area contributed by atoms with Crippen LogP contribution in [0.25, 0.3) is 0 Å². The number of carbonyl (C=O) groups is 1. The molecule has 0 atom stereocenters. The molecule has 2 aromatic rings. The highest BCUT2D eigenvalue weighted by Gasteiger charge is 2.16. The molecule has 0 spiro atoms. The number of pyridine rings is 1. The van der Waals surface area contributed by atoms with Crippen molar-refractivity contribution in [3.63, 3.8) is 0 Å². The van der Waals surface area contributed by atoms with E-state index in [-0.39, 0.29) is 34.6 Å². The van der Waals surface area contributed by atoms with E-state index in [2.05, 4.69) is 15.0 Å². The molecule has 25 heavy (non-hydrogen) atoms. The molecule has 9 heteroatoms. The zero-order valence-electron chi connectivity index (χ0n) is 12.8. The van der Waals surface area contributed by atoms with Crippen molar-refractivity contribution in [3.8, 4) is 5.75 Å². The number of amides is 1. The molecule has 0 saturated heterocycles. The maximum atomic E-state index is 12.5. The summed E-state index contributed by atoms with van der Waals surface area (Å²) in [7, 11) is 0. The van der Waals surface area contributed by atoms with Gasteiger partial charge in [0.2, 0.25) is 0 Å². The summed E-state index contributed by atoms with van der Waals surface area (Å²) in [6, 6.07) is 8.93. The van der Waals surface area contributed by atoms with Gasteiger partial charge >= 0.3 is 6.61 Å². The van der Waals surface area contributed by atoms with E-state index >= 15 is 0 Å². The van der Waals surface area contributed by atoms with Crippen molar-refractivity contribution in [2.24, 2.45) is 0 Å². The first-order valence-corrected chi connectivity index (χ1v) is 8.05. The van der Waals surface area contributed by atoms with Crippen LogP contribution in [0, 0.1) is 0 Å². The number of alkyl halides is 4. The third kappa shape index (κ3) is 6.26. The molecule has 4 nitrogen and oxygen atoms in total. The van der Waals surface area contributed by atoms with Gasteiger partial charge in [0.15, 0.2) is 0 Å². The van der Waals surface area contributed by atoms with Crippen LogP contribution in [0.4, 0.5) is 17.6 Å². The number of hydrogen-bond donors (Lipinski definition) is 1. The highest BCUT2D eigenvalue weighted by Crippen LogP contribution is 2.26. The molecule has 0 saturated carbocycles. The summed E-state index contributed by atoms with van der Waals surface area (Å²) in [5.41, 5.74) is 0.878. The van der Waals surface area contributed by atoms with Gasteiger partial charge in [0.05, 0.1) is 5.56 Å². The summed E-state index contributed by atoms with van der Waals surface area (Å²) in [6.07, 6.45) is 1.78. The van der Waals surface area contributed by atoms with Crippen LogP contribution in [-0.2, 0) is 6.42 Å². The molecule has 0 bridgehead atoms. The van der Waals surface area contributed by atoms with E-state index in [1.807, 2.05) is 0 Å². The lowest BCUT2D eigenvalue weighted by Gasteiger charge is -2.09. The minimum absolute atomic E-state index is 0.0384. The Labute approximate surface area is 145 Å². The Bertz CT molecular complexity index is 699. The van der Waals surface area contributed by atoms with Crippen molar-refractivity contribution in [1.82, 2.24) is 10.3 Å². The van der Waals surface area contributed by atoms with Gasteiger partial charge in [0, 0.05) is 12.7 Å². The fraction of sp³-hybridized carbons (Fsp3) is 0.250. The molecular formula is C16H14F4N2O2S. The largest absolute Gasteiger partial charge is 0.435 e. The molecule has 0 aliphatic rings. The monoisotopic (exact) mass is 374 g/mol. The van der Waals surface area contributed by atoms with Gasteiger partial charge in [0.25, 0.3) is 11.7 Å². The molecule has 0 radical (unpaired) electrons. The summed E-state index contributed by atoms with van der Waals surface area (Å²) in [5.74, 6) is -3.13. The van der Waals surface area contributed by atoms with Crippen LogP contribution in [0.1, 0.15) is 15.9 Å². The third-order valence-electron chi connectivity index (χ3n) is 3.06. The molecule has 0 aliphatic carbocycles. The topological polar surface area (TPSA) is 51.2 Å². The number of aromatic nitrogens is 1. The Kier molecular flexibility index (Phi) is 7.05. The second-order valence-electron chi connectivity index (χ2n) is 4.76. The first kappa shape index (κ1) is 19.0. The molecule has 2 rings (SSSR count). The summed E-state index contributed by atoms with van der Waals surface area (Å²) in [6.45, 7) is -2.63. The standard InChI is InChI=1S/C16H14F4N2O2S/c17-15(18)24-11-5-3-10(4-6-11)7-9-21-13(23)12-2-1-8-22-14(12)25-16(19)20/h1-6,8,15-16H,7,9H2,(H,21,23). The summed E-state index contributed by atoms with van der Waals surface area (Å²) in [4.78, 5) is 15.9. The first-order valence-electron chi connectivity index (χ1n) is 7.17. The van der Waals surface area contributed by atoms with Crippen molar-refractivity contribution >= 4 is 17.7 Å². The molecular weight excluding hydrogens is 360 g/mol. The van der Waals surface area contributed by atoms with Gasteiger partial charge in [-0.15, -0.1) is 0 Å². The maximum absolute atomic E-state index is 12.5. The van der Waals surface area contributed by atoms with Crippen LogP contribution in [-0.4, -0.2) is 29.8 Å². The number of benzene rings is 1. The smallest absolute Gasteiger partial charge is 0.387 e. The fourth-order valence-electron chi connectivity index (χ4n) is 2.00. The zero-order valence-corrected chi connectivity index (χ0v) is 13.6. The Balaban J connectivity index is 1.88. The number of hydrogen-bond acceptors (Lipinski definition) is 4. The van der Waals surface area contributed by atoms with Crippen molar-refractivity contribution in [3.05, 3.63) is 53.7 Å². The molecule has 1 N–H and O–H groups in total. The van der Waals surface area contributed by atoms with E-state index in [4.69, 9.17) is 0 Å². The van der Waals surface area contributed by atoms with Gasteiger partial charge in [-0.05, 0) is 48.0 Å². The maximum Gasteiger partial charge on any atom is 0.387 e. The van der Waals surface area contributed by atoms with E-state index in [1.165, 1.54) is 30.5 Å². The number of rotatable bonds is 8. The summed E-state index contributed by atoms with van der Waals surface area (Å²) in [5, 5.41) is 2.58. The van der Waals surface area contributed by atoms with Crippen molar-refractivity contribution < 1.29 is 27.1 Å². The molecule has 0 unspecified atom stereocenters. The Morgan fingerprint density at radius 2 is 1.88 bits per heavy atom. The van der Waals surface area contributed by atoms with E-state index in [9.17, 15) is 22.4 Å². The van der Waals surface area contributed by atoms with Crippen LogP contribution in [0.3, 0.4) is 0 Å². The molecule has 0 aliphatic heterocycles. The van der Waals surface area contributed by atoms with Gasteiger partial charge in [-0.3, -0.25) is 4.79 Å². The average Bonchev–Trinajstić information content (AvgIpc) is 2.56. The Morgan fingerprint density at radius 3 is 2.52 bits per heavy atom. The lowest BCUT2D eigenvalue weighted by Crippen LogP contribution is -2.26. The third-order valence-corrected chi connectivity index (χ3v) is 3.79. The summed E-state index contributed by atoms with van der Waals surface area (Å²) >= 11 is 0.209. The number of nitrogens with zero attached hydrogens (tertiary/aromatic N) is 1. The Morgan fingerprint density at radius 1 is 1.16 bits per heavy atom. The molecule has 1 heterocycles. The van der Waals surface area contributed by atoms with Crippen molar-refractivity contribution in [1.29, 1.82) is 0 Å². The van der Waals surface area contributed by atoms with Gasteiger partial charge in [-0.2, -0.15) is 17.6 Å². The molecule has 134 valence electrons. The van der Waals surface area contributed by atoms with Gasteiger partial charge in [-0.1, -0.05) is 12.1 Å². The minimum atomic E-state index is -2.88. The van der Waals surface area contributed by atoms with Crippen LogP contribution in [0.5, 0.6) is 5.75 Å². The predicted octanol–water partition coefficient (Wildman–Crippen LogP) is 3.97. The lowest BCUT2D eigenvalue weighted by atomic mass is 10.1. The molecule has 0 fully saturated rings. The summed E-state index contributed by atoms with van der Waals surface area (Å²) < 4.78 is 53.3. The number of ether oxygens (including phenoxy) is 1. The molecule has 1 aromatic carbocycles. The van der Waals surface area contributed by atoms with E-state index in [0.29, 0.717) is 6.42 Å². The van der Waals surface area contributed by atoms with Crippen LogP contribution < -0.4 is 10.1 Å². The predicted molar refractivity (Wildman–Crippen MR) is 85.2 cm³/mol. The fourth-order valence-corrected chi connectivity index (χ4v) is 2.57. The van der Waals surface area contributed by atoms with Crippen molar-refractivity contribution in [2.45, 2.75) is 23.8 Å². The average molecular weight is 374 g/mol. The SMILES string of the molecule is O=C(NCCc1ccc(OC(F)F)cc1)c1cccnc1SC(F)F. The first-order chi connectivity index (χ1) is 12.0. The second-order valence-corrected chi connectivity index (χ2v) is 5.74. The normalized spacial score (nSPS) is 11.0. The number of nitrogens with one attached hydrogen (secondary N) is 1. The van der Waals surface area contributed by atoms with Gasteiger partial charge in [-0.25, -0.2) is 4.98 Å². The van der Waals surface area contributed by atoms with Crippen molar-refractivity contribution in [2.75, 3.05) is 6.54 Å². The number of thioether (sulfide) groups is 1. The van der Waals surface area contributed by atoms with Gasteiger partial charge < -0.3 is 10.1 Å². The lowest BCUT2D eigenvalue weighted by molar-refractivity contribution is -0.0498. The molecule has 1 amide bonds. The van der Waals surface area contributed by atoms with E-state index < -0.39 is 18.3 Å². The zero-order chi connectivity index (χ0) is 18.2. The van der Waals surface area contributed by atoms with Gasteiger partial charge in [0.1, 0.15) is 10.8 Å². The van der Waals surface area contributed by atoms with Crippen LogP contribution in [0.2, 0.25) is 0 Å². The number of halogens is 4. The quantitative estimate of drug-likeness (QED) is 0.561.